The van der Waals surface area contributed by atoms with Crippen LogP contribution in [0.3, 0.4) is 0 Å². The topological polar surface area (TPSA) is 66.4 Å². The van der Waals surface area contributed by atoms with Gasteiger partial charge in [-0.3, -0.25) is 4.79 Å². The zero-order valence-corrected chi connectivity index (χ0v) is 10.3. The molecule has 1 aromatic carbocycles. The summed E-state index contributed by atoms with van der Waals surface area (Å²) in [5.41, 5.74) is 0.390. The Kier molecular flexibility index (Phi) is 4.54. The molecule has 0 fully saturated rings. The molecule has 6 heteroatoms. The van der Waals surface area contributed by atoms with Crippen molar-refractivity contribution >= 4 is 40.8 Å². The van der Waals surface area contributed by atoms with Crippen LogP contribution in [0.4, 0.5) is 5.69 Å². The van der Waals surface area contributed by atoms with Gasteiger partial charge in [-0.1, -0.05) is 23.2 Å². The standard InChI is InChI=1S/C11H9Cl2NO3/c1-6(11(16)17)4-10(15)14-7-2-3-8(12)9(13)5-7/h2-5H,1H3,(H,14,15)(H,16,17)/b6-4+. The van der Waals surface area contributed by atoms with Gasteiger partial charge in [0.1, 0.15) is 0 Å². The molecule has 0 aliphatic rings. The van der Waals surface area contributed by atoms with Gasteiger partial charge in [-0.15, -0.1) is 0 Å². The van der Waals surface area contributed by atoms with Crippen LogP contribution >= 0.6 is 23.2 Å². The smallest absolute Gasteiger partial charge is 0.331 e. The van der Waals surface area contributed by atoms with E-state index in [0.717, 1.165) is 6.08 Å². The number of carbonyl (C=O) groups is 2. The minimum absolute atomic E-state index is 0.0532. The fraction of sp³-hybridized carbons (Fsp3) is 0.0909. The highest BCUT2D eigenvalue weighted by molar-refractivity contribution is 6.42. The summed E-state index contributed by atoms with van der Waals surface area (Å²) < 4.78 is 0. The highest BCUT2D eigenvalue weighted by atomic mass is 35.5. The van der Waals surface area contributed by atoms with E-state index in [1.54, 1.807) is 6.07 Å². The molecule has 0 unspecified atom stereocenters. The molecule has 0 radical (unpaired) electrons. The van der Waals surface area contributed by atoms with Crippen LogP contribution in [-0.2, 0) is 9.59 Å². The summed E-state index contributed by atoms with van der Waals surface area (Å²) in [6.07, 6.45) is 0.991. The average Bonchev–Trinajstić information content (AvgIpc) is 2.23. The third-order valence-electron chi connectivity index (χ3n) is 1.87. The summed E-state index contributed by atoms with van der Waals surface area (Å²) in [5.74, 6) is -1.68. The van der Waals surface area contributed by atoms with Crippen LogP contribution in [0.1, 0.15) is 6.92 Å². The Balaban J connectivity index is 2.78. The van der Waals surface area contributed by atoms with Crippen LogP contribution < -0.4 is 5.32 Å². The molecule has 90 valence electrons. The van der Waals surface area contributed by atoms with Crippen LogP contribution in [-0.4, -0.2) is 17.0 Å². The Morgan fingerprint density at radius 3 is 2.47 bits per heavy atom. The third kappa shape index (κ3) is 4.09. The Bertz CT molecular complexity index is 497. The lowest BCUT2D eigenvalue weighted by molar-refractivity contribution is -0.132. The fourth-order valence-corrected chi connectivity index (χ4v) is 1.31. The van der Waals surface area contributed by atoms with E-state index in [4.69, 9.17) is 28.3 Å². The molecule has 0 saturated carbocycles. The quantitative estimate of drug-likeness (QED) is 0.833. The number of carboxylic acids is 1. The minimum atomic E-state index is -1.14. The summed E-state index contributed by atoms with van der Waals surface area (Å²) >= 11 is 11.5. The largest absolute Gasteiger partial charge is 0.478 e. The zero-order valence-electron chi connectivity index (χ0n) is 8.83. The molecule has 2 N–H and O–H groups in total. The molecule has 0 bridgehead atoms. The highest BCUT2D eigenvalue weighted by Crippen LogP contribution is 2.24. The first-order valence-electron chi connectivity index (χ1n) is 4.58. The number of hydrogen-bond donors (Lipinski definition) is 2. The number of carboxylic acid groups (broad SMARTS) is 1. The SMILES string of the molecule is C/C(=C\C(=O)Nc1ccc(Cl)c(Cl)c1)C(=O)O. The van der Waals surface area contributed by atoms with E-state index in [9.17, 15) is 9.59 Å². The summed E-state index contributed by atoms with van der Waals surface area (Å²) in [5, 5.41) is 11.8. The monoisotopic (exact) mass is 273 g/mol. The van der Waals surface area contributed by atoms with Crippen molar-refractivity contribution in [2.45, 2.75) is 6.92 Å². The van der Waals surface area contributed by atoms with E-state index in [1.807, 2.05) is 0 Å². The zero-order chi connectivity index (χ0) is 13.0. The van der Waals surface area contributed by atoms with Crippen molar-refractivity contribution in [2.75, 3.05) is 5.32 Å². The maximum atomic E-state index is 11.4. The molecule has 0 atom stereocenters. The molecule has 0 spiro atoms. The van der Waals surface area contributed by atoms with Gasteiger partial charge in [-0.05, 0) is 25.1 Å². The van der Waals surface area contributed by atoms with Crippen molar-refractivity contribution in [2.24, 2.45) is 0 Å². The van der Waals surface area contributed by atoms with Gasteiger partial charge in [0.15, 0.2) is 0 Å². The number of hydrogen-bond acceptors (Lipinski definition) is 2. The maximum absolute atomic E-state index is 11.4. The van der Waals surface area contributed by atoms with Crippen molar-refractivity contribution in [1.82, 2.24) is 0 Å². The summed E-state index contributed by atoms with van der Waals surface area (Å²) in [6, 6.07) is 4.58. The van der Waals surface area contributed by atoms with Gasteiger partial charge in [-0.25, -0.2) is 4.79 Å². The molecule has 0 heterocycles. The number of rotatable bonds is 3. The second kappa shape index (κ2) is 5.70. The van der Waals surface area contributed by atoms with Gasteiger partial charge < -0.3 is 10.4 Å². The van der Waals surface area contributed by atoms with Gasteiger partial charge in [0.25, 0.3) is 0 Å². The van der Waals surface area contributed by atoms with Crippen molar-refractivity contribution in [3.63, 3.8) is 0 Å². The lowest BCUT2D eigenvalue weighted by Gasteiger charge is -2.03. The first kappa shape index (κ1) is 13.5. The number of anilines is 1. The Hall–Kier alpha value is -1.52. The Labute approximate surface area is 108 Å². The molecule has 1 aromatic rings. The molecule has 1 rings (SSSR count). The van der Waals surface area contributed by atoms with E-state index in [2.05, 4.69) is 5.32 Å². The van der Waals surface area contributed by atoms with E-state index in [1.165, 1.54) is 19.1 Å². The van der Waals surface area contributed by atoms with E-state index in [0.29, 0.717) is 15.7 Å². The number of amides is 1. The molecule has 0 aliphatic heterocycles. The first-order valence-corrected chi connectivity index (χ1v) is 5.33. The summed E-state index contributed by atoms with van der Waals surface area (Å²) in [4.78, 5) is 21.9. The van der Waals surface area contributed by atoms with Crippen LogP contribution in [0.15, 0.2) is 29.8 Å². The predicted molar refractivity (Wildman–Crippen MR) is 66.5 cm³/mol. The van der Waals surface area contributed by atoms with Crippen molar-refractivity contribution in [3.05, 3.63) is 39.9 Å². The second-order valence-corrected chi connectivity index (χ2v) is 4.07. The molecule has 1 amide bonds. The highest BCUT2D eigenvalue weighted by Gasteiger charge is 2.05. The normalized spacial score (nSPS) is 11.1. The van der Waals surface area contributed by atoms with Gasteiger partial charge in [0, 0.05) is 17.3 Å². The number of benzene rings is 1. The fourth-order valence-electron chi connectivity index (χ4n) is 1.01. The third-order valence-corrected chi connectivity index (χ3v) is 2.61. The van der Waals surface area contributed by atoms with E-state index in [-0.39, 0.29) is 5.57 Å². The summed E-state index contributed by atoms with van der Waals surface area (Å²) in [7, 11) is 0. The van der Waals surface area contributed by atoms with Gasteiger partial charge in [0.05, 0.1) is 10.0 Å². The molecule has 4 nitrogen and oxygen atoms in total. The number of carbonyl (C=O) groups excluding carboxylic acids is 1. The molecular weight excluding hydrogens is 265 g/mol. The van der Waals surface area contributed by atoms with E-state index < -0.39 is 11.9 Å². The molecular formula is C11H9Cl2NO3. The Morgan fingerprint density at radius 2 is 1.94 bits per heavy atom. The predicted octanol–water partition coefficient (Wildman–Crippen LogP) is 2.96. The van der Waals surface area contributed by atoms with Gasteiger partial charge in [-0.2, -0.15) is 0 Å². The maximum Gasteiger partial charge on any atom is 0.331 e. The first-order chi connectivity index (χ1) is 7.90. The van der Waals surface area contributed by atoms with Gasteiger partial charge in [0.2, 0.25) is 5.91 Å². The van der Waals surface area contributed by atoms with Crippen molar-refractivity contribution < 1.29 is 14.7 Å². The second-order valence-electron chi connectivity index (χ2n) is 3.25. The molecule has 17 heavy (non-hydrogen) atoms. The Morgan fingerprint density at radius 1 is 1.29 bits per heavy atom. The number of aliphatic carboxylic acids is 1. The lowest BCUT2D eigenvalue weighted by atomic mass is 10.2. The summed E-state index contributed by atoms with van der Waals surface area (Å²) in [6.45, 7) is 1.33. The van der Waals surface area contributed by atoms with Crippen LogP contribution in [0.2, 0.25) is 10.0 Å². The van der Waals surface area contributed by atoms with Crippen LogP contribution in [0.25, 0.3) is 0 Å². The number of nitrogens with one attached hydrogen (secondary N) is 1. The molecule has 0 saturated heterocycles. The van der Waals surface area contributed by atoms with Crippen molar-refractivity contribution in [1.29, 1.82) is 0 Å². The van der Waals surface area contributed by atoms with Gasteiger partial charge >= 0.3 is 5.97 Å². The minimum Gasteiger partial charge on any atom is -0.478 e. The van der Waals surface area contributed by atoms with E-state index >= 15 is 0 Å². The lowest BCUT2D eigenvalue weighted by Crippen LogP contribution is -2.10. The molecule has 0 aromatic heterocycles. The number of halogens is 2. The van der Waals surface area contributed by atoms with Crippen LogP contribution in [0.5, 0.6) is 0 Å². The molecule has 0 aliphatic carbocycles. The van der Waals surface area contributed by atoms with Crippen LogP contribution in [0, 0.1) is 0 Å². The van der Waals surface area contributed by atoms with Crippen molar-refractivity contribution in [3.8, 4) is 0 Å². The average molecular weight is 274 g/mol.